The standard InChI is InChI=1S/C19H28FN3O2/c20-16-4-6-17(7-5-16)23-11-9-15(14-23)13-22-19(24)21-10-8-18-3-1-2-12-25-18/h4-7,15,18H,1-3,8-14H2,(H2,21,22,24)/t15-,18+/m1/s1. The minimum absolute atomic E-state index is 0.101. The van der Waals surface area contributed by atoms with E-state index in [4.69, 9.17) is 4.74 Å². The number of rotatable bonds is 6. The van der Waals surface area contributed by atoms with Gasteiger partial charge >= 0.3 is 6.03 Å². The van der Waals surface area contributed by atoms with Crippen molar-refractivity contribution in [2.45, 2.75) is 38.2 Å². The summed E-state index contributed by atoms with van der Waals surface area (Å²) < 4.78 is 18.7. The van der Waals surface area contributed by atoms with Gasteiger partial charge in [0.25, 0.3) is 0 Å². The third-order valence-corrected chi connectivity index (χ3v) is 5.05. The number of carbonyl (C=O) groups is 1. The molecule has 0 bridgehead atoms. The van der Waals surface area contributed by atoms with Crippen molar-refractivity contribution >= 4 is 11.7 Å². The predicted octanol–water partition coefficient (Wildman–Crippen LogP) is 2.91. The molecule has 2 fully saturated rings. The summed E-state index contributed by atoms with van der Waals surface area (Å²) in [4.78, 5) is 14.2. The maximum absolute atomic E-state index is 13.0. The first kappa shape index (κ1) is 18.0. The first-order valence-electron chi connectivity index (χ1n) is 9.34. The van der Waals surface area contributed by atoms with Crippen molar-refractivity contribution in [3.63, 3.8) is 0 Å². The molecule has 0 spiro atoms. The normalized spacial score (nSPS) is 23.5. The third kappa shape index (κ3) is 5.59. The molecule has 3 rings (SSSR count). The highest BCUT2D eigenvalue weighted by molar-refractivity contribution is 5.73. The van der Waals surface area contributed by atoms with E-state index in [0.29, 0.717) is 25.1 Å². The molecule has 5 nitrogen and oxygen atoms in total. The second-order valence-electron chi connectivity index (χ2n) is 6.99. The lowest BCUT2D eigenvalue weighted by molar-refractivity contribution is 0.0120. The number of nitrogens with one attached hydrogen (secondary N) is 2. The summed E-state index contributed by atoms with van der Waals surface area (Å²) in [6.45, 7) is 4.01. The van der Waals surface area contributed by atoms with Crippen LogP contribution in [0.1, 0.15) is 32.1 Å². The molecule has 138 valence electrons. The molecule has 2 aliphatic rings. The van der Waals surface area contributed by atoms with Crippen LogP contribution in [0.3, 0.4) is 0 Å². The molecule has 2 N–H and O–H groups in total. The SMILES string of the molecule is O=C(NCC[C@@H]1CCCCO1)NC[C@H]1CCN(c2ccc(F)cc2)C1. The molecule has 1 aromatic carbocycles. The number of carbonyl (C=O) groups excluding carboxylic acids is 1. The van der Waals surface area contributed by atoms with Crippen LogP contribution < -0.4 is 15.5 Å². The summed E-state index contributed by atoms with van der Waals surface area (Å²) in [5.74, 6) is 0.217. The van der Waals surface area contributed by atoms with Crippen LogP contribution in [0.5, 0.6) is 0 Å². The number of amides is 2. The Bertz CT molecular complexity index is 546. The zero-order chi connectivity index (χ0) is 17.5. The van der Waals surface area contributed by atoms with E-state index in [9.17, 15) is 9.18 Å². The van der Waals surface area contributed by atoms with Crippen molar-refractivity contribution in [1.82, 2.24) is 10.6 Å². The van der Waals surface area contributed by atoms with Crippen LogP contribution in [0, 0.1) is 11.7 Å². The number of hydrogen-bond donors (Lipinski definition) is 2. The van der Waals surface area contributed by atoms with Crippen LogP contribution in [-0.2, 0) is 4.74 Å². The molecule has 0 aliphatic carbocycles. The summed E-state index contributed by atoms with van der Waals surface area (Å²) in [5.41, 5.74) is 1.04. The lowest BCUT2D eigenvalue weighted by atomic mass is 10.1. The van der Waals surface area contributed by atoms with E-state index in [1.54, 1.807) is 0 Å². The van der Waals surface area contributed by atoms with Crippen molar-refractivity contribution in [3.05, 3.63) is 30.1 Å². The second-order valence-corrected chi connectivity index (χ2v) is 6.99. The summed E-state index contributed by atoms with van der Waals surface area (Å²) in [7, 11) is 0. The van der Waals surface area contributed by atoms with Crippen molar-refractivity contribution < 1.29 is 13.9 Å². The number of ether oxygens (including phenoxy) is 1. The van der Waals surface area contributed by atoms with Gasteiger partial charge in [-0.1, -0.05) is 0 Å². The summed E-state index contributed by atoms with van der Waals surface area (Å²) in [6.07, 6.45) is 5.70. The predicted molar refractivity (Wildman–Crippen MR) is 96.3 cm³/mol. The van der Waals surface area contributed by atoms with Crippen LogP contribution in [0.4, 0.5) is 14.9 Å². The topological polar surface area (TPSA) is 53.6 Å². The van der Waals surface area contributed by atoms with E-state index in [1.165, 1.54) is 18.6 Å². The Morgan fingerprint density at radius 1 is 1.20 bits per heavy atom. The molecular formula is C19H28FN3O2. The van der Waals surface area contributed by atoms with E-state index >= 15 is 0 Å². The zero-order valence-corrected chi connectivity index (χ0v) is 14.7. The molecule has 25 heavy (non-hydrogen) atoms. The van der Waals surface area contributed by atoms with Gasteiger partial charge in [-0.15, -0.1) is 0 Å². The summed E-state index contributed by atoms with van der Waals surface area (Å²) in [5, 5.41) is 5.88. The minimum Gasteiger partial charge on any atom is -0.378 e. The van der Waals surface area contributed by atoms with Gasteiger partial charge in [-0.2, -0.15) is 0 Å². The van der Waals surface area contributed by atoms with Crippen molar-refractivity contribution in [1.29, 1.82) is 0 Å². The van der Waals surface area contributed by atoms with E-state index in [1.807, 2.05) is 12.1 Å². The largest absolute Gasteiger partial charge is 0.378 e. The van der Waals surface area contributed by atoms with E-state index in [-0.39, 0.29) is 11.8 Å². The van der Waals surface area contributed by atoms with Gasteiger partial charge < -0.3 is 20.3 Å². The molecule has 0 radical (unpaired) electrons. The molecular weight excluding hydrogens is 321 g/mol. The zero-order valence-electron chi connectivity index (χ0n) is 14.7. The van der Waals surface area contributed by atoms with Gasteiger partial charge in [-0.3, -0.25) is 0 Å². The number of nitrogens with zero attached hydrogens (tertiary/aromatic N) is 1. The fraction of sp³-hybridized carbons (Fsp3) is 0.632. The Labute approximate surface area is 148 Å². The van der Waals surface area contributed by atoms with Crippen LogP contribution >= 0.6 is 0 Å². The quantitative estimate of drug-likeness (QED) is 0.830. The number of anilines is 1. The summed E-state index contributed by atoms with van der Waals surface area (Å²) >= 11 is 0. The van der Waals surface area contributed by atoms with E-state index in [2.05, 4.69) is 15.5 Å². The number of hydrogen-bond acceptors (Lipinski definition) is 3. The van der Waals surface area contributed by atoms with Gasteiger partial charge in [-0.25, -0.2) is 9.18 Å². The Morgan fingerprint density at radius 3 is 2.80 bits per heavy atom. The van der Waals surface area contributed by atoms with Crippen LogP contribution in [0.25, 0.3) is 0 Å². The van der Waals surface area contributed by atoms with Gasteiger partial charge in [0.1, 0.15) is 5.82 Å². The Hall–Kier alpha value is -1.82. The van der Waals surface area contributed by atoms with Crippen molar-refractivity contribution in [2.75, 3.05) is 37.7 Å². The monoisotopic (exact) mass is 349 g/mol. The molecule has 0 saturated carbocycles. The Morgan fingerprint density at radius 2 is 2.04 bits per heavy atom. The molecule has 2 saturated heterocycles. The molecule has 0 aromatic heterocycles. The summed E-state index contributed by atoms with van der Waals surface area (Å²) in [6, 6.07) is 6.50. The van der Waals surface area contributed by atoms with Gasteiger partial charge in [0, 0.05) is 38.5 Å². The second kappa shape index (κ2) is 9.04. The highest BCUT2D eigenvalue weighted by Gasteiger charge is 2.23. The van der Waals surface area contributed by atoms with E-state index in [0.717, 1.165) is 51.1 Å². The highest BCUT2D eigenvalue weighted by Crippen LogP contribution is 2.23. The minimum atomic E-state index is -0.212. The Balaban J connectivity index is 1.30. The fourth-order valence-corrected chi connectivity index (χ4v) is 3.57. The van der Waals surface area contributed by atoms with Crippen molar-refractivity contribution in [3.8, 4) is 0 Å². The maximum atomic E-state index is 13.0. The third-order valence-electron chi connectivity index (χ3n) is 5.05. The van der Waals surface area contributed by atoms with Crippen molar-refractivity contribution in [2.24, 2.45) is 5.92 Å². The van der Waals surface area contributed by atoms with Crippen LogP contribution in [0.15, 0.2) is 24.3 Å². The smallest absolute Gasteiger partial charge is 0.314 e. The first-order valence-corrected chi connectivity index (χ1v) is 9.34. The molecule has 1 aromatic rings. The average Bonchev–Trinajstić information content (AvgIpc) is 3.10. The van der Waals surface area contributed by atoms with Crippen LogP contribution in [0.2, 0.25) is 0 Å². The molecule has 6 heteroatoms. The Kier molecular flexibility index (Phi) is 6.50. The molecule has 2 aliphatic heterocycles. The molecule has 2 amide bonds. The number of benzene rings is 1. The van der Waals surface area contributed by atoms with Gasteiger partial charge in [0.2, 0.25) is 0 Å². The average molecular weight is 349 g/mol. The number of urea groups is 1. The molecule has 2 heterocycles. The highest BCUT2D eigenvalue weighted by atomic mass is 19.1. The molecule has 2 atom stereocenters. The number of halogens is 1. The maximum Gasteiger partial charge on any atom is 0.314 e. The fourth-order valence-electron chi connectivity index (χ4n) is 3.57. The first-order chi connectivity index (χ1) is 12.2. The van der Waals surface area contributed by atoms with Gasteiger partial charge in [-0.05, 0) is 62.3 Å². The lowest BCUT2D eigenvalue weighted by Gasteiger charge is -2.22. The lowest BCUT2D eigenvalue weighted by Crippen LogP contribution is -2.40. The molecule has 0 unspecified atom stereocenters. The van der Waals surface area contributed by atoms with Gasteiger partial charge in [0.15, 0.2) is 0 Å². The van der Waals surface area contributed by atoms with Gasteiger partial charge in [0.05, 0.1) is 6.10 Å². The van der Waals surface area contributed by atoms with Crippen LogP contribution in [-0.4, -0.2) is 44.9 Å². The van der Waals surface area contributed by atoms with E-state index < -0.39 is 0 Å².